The fraction of sp³-hybridized carbons (Fsp3) is 0.600. The van der Waals surface area contributed by atoms with E-state index in [4.69, 9.17) is 4.74 Å². The number of ether oxygens (including phenoxy) is 1. The second kappa shape index (κ2) is 7.78. The number of aliphatic hydroxyl groups is 1. The molecule has 0 fully saturated rings. The van der Waals surface area contributed by atoms with Crippen LogP contribution in [0.5, 0.6) is 5.75 Å². The van der Waals surface area contributed by atoms with Gasteiger partial charge < -0.3 is 15.2 Å². The molecule has 1 aromatic rings. The molecule has 0 aliphatic heterocycles. The third-order valence-electron chi connectivity index (χ3n) is 2.94. The van der Waals surface area contributed by atoms with Gasteiger partial charge in [0.05, 0.1) is 12.2 Å². The highest BCUT2D eigenvalue weighted by molar-refractivity contribution is 7.98. The topological polar surface area (TPSA) is 41.5 Å². The molecule has 2 unspecified atom stereocenters. The number of hydrogen-bond donors (Lipinski definition) is 2. The van der Waals surface area contributed by atoms with Crippen LogP contribution in [0.3, 0.4) is 0 Å². The second-order valence-corrected chi connectivity index (χ2v) is 5.90. The fourth-order valence-corrected chi connectivity index (χ4v) is 2.60. The number of nitrogens with one attached hydrogen (secondary N) is 1. The smallest absolute Gasteiger partial charge is 0.119 e. The van der Waals surface area contributed by atoms with Crippen molar-refractivity contribution in [2.75, 3.05) is 25.2 Å². The molecule has 0 saturated carbocycles. The van der Waals surface area contributed by atoms with E-state index in [0.29, 0.717) is 13.2 Å². The predicted octanol–water partition coefficient (Wildman–Crippen LogP) is 2.85. The standard InChI is InChI=1S/C15H25NO2S/c1-5-18-14-8-6-13(7-9-14)12(2)16-10-15(3,17)11-19-4/h6-9,12,16-17H,5,10-11H2,1-4H3. The molecule has 0 bridgehead atoms. The molecule has 19 heavy (non-hydrogen) atoms. The quantitative estimate of drug-likeness (QED) is 0.770. The summed E-state index contributed by atoms with van der Waals surface area (Å²) in [7, 11) is 0. The molecular formula is C15H25NO2S. The van der Waals surface area contributed by atoms with Crippen molar-refractivity contribution in [2.24, 2.45) is 0 Å². The highest BCUT2D eigenvalue weighted by Crippen LogP contribution is 2.18. The zero-order valence-electron chi connectivity index (χ0n) is 12.3. The molecule has 1 rings (SSSR count). The molecule has 0 radical (unpaired) electrons. The summed E-state index contributed by atoms with van der Waals surface area (Å²) in [6.07, 6.45) is 2.00. The van der Waals surface area contributed by atoms with E-state index in [-0.39, 0.29) is 6.04 Å². The minimum absolute atomic E-state index is 0.212. The molecular weight excluding hydrogens is 258 g/mol. The molecule has 0 aliphatic rings. The van der Waals surface area contributed by atoms with Gasteiger partial charge >= 0.3 is 0 Å². The van der Waals surface area contributed by atoms with Crippen LogP contribution in [-0.2, 0) is 0 Å². The first-order valence-corrected chi connectivity index (χ1v) is 8.05. The Bertz CT molecular complexity index is 365. The van der Waals surface area contributed by atoms with Crippen LogP contribution in [0.25, 0.3) is 0 Å². The third kappa shape index (κ3) is 5.85. The van der Waals surface area contributed by atoms with Crippen molar-refractivity contribution in [3.05, 3.63) is 29.8 Å². The van der Waals surface area contributed by atoms with E-state index in [9.17, 15) is 5.11 Å². The van der Waals surface area contributed by atoms with Crippen LogP contribution in [0.15, 0.2) is 24.3 Å². The van der Waals surface area contributed by atoms with Gasteiger partial charge in [-0.2, -0.15) is 11.8 Å². The van der Waals surface area contributed by atoms with Crippen molar-refractivity contribution in [1.29, 1.82) is 0 Å². The highest BCUT2D eigenvalue weighted by atomic mass is 32.2. The Morgan fingerprint density at radius 1 is 1.37 bits per heavy atom. The fourth-order valence-electron chi connectivity index (χ4n) is 1.87. The van der Waals surface area contributed by atoms with Gasteiger partial charge in [-0.15, -0.1) is 0 Å². The van der Waals surface area contributed by atoms with Crippen LogP contribution in [0.2, 0.25) is 0 Å². The summed E-state index contributed by atoms with van der Waals surface area (Å²) in [6, 6.07) is 8.30. The van der Waals surface area contributed by atoms with Crippen molar-refractivity contribution in [3.63, 3.8) is 0 Å². The maximum atomic E-state index is 10.1. The first-order chi connectivity index (χ1) is 8.98. The number of hydrogen-bond acceptors (Lipinski definition) is 4. The summed E-state index contributed by atoms with van der Waals surface area (Å²) in [5.41, 5.74) is 0.530. The third-order valence-corrected chi connectivity index (χ3v) is 3.85. The molecule has 0 saturated heterocycles. The Labute approximate surface area is 120 Å². The maximum absolute atomic E-state index is 10.1. The first kappa shape index (κ1) is 16.3. The Kier molecular flexibility index (Phi) is 6.69. The predicted molar refractivity (Wildman–Crippen MR) is 83.0 cm³/mol. The number of benzene rings is 1. The largest absolute Gasteiger partial charge is 0.494 e. The van der Waals surface area contributed by atoms with Crippen LogP contribution in [0.1, 0.15) is 32.4 Å². The monoisotopic (exact) mass is 283 g/mol. The summed E-state index contributed by atoms with van der Waals surface area (Å²) >= 11 is 1.66. The first-order valence-electron chi connectivity index (χ1n) is 6.66. The van der Waals surface area contributed by atoms with Gasteiger partial charge in [-0.1, -0.05) is 12.1 Å². The molecule has 108 valence electrons. The average Bonchev–Trinajstić information content (AvgIpc) is 2.37. The molecule has 0 aromatic heterocycles. The molecule has 2 atom stereocenters. The highest BCUT2D eigenvalue weighted by Gasteiger charge is 2.20. The van der Waals surface area contributed by atoms with E-state index in [1.54, 1.807) is 11.8 Å². The van der Waals surface area contributed by atoms with Gasteiger partial charge in [-0.3, -0.25) is 0 Å². The lowest BCUT2D eigenvalue weighted by Gasteiger charge is -2.25. The van der Waals surface area contributed by atoms with Crippen molar-refractivity contribution >= 4 is 11.8 Å². The van der Waals surface area contributed by atoms with E-state index in [0.717, 1.165) is 11.5 Å². The summed E-state index contributed by atoms with van der Waals surface area (Å²) < 4.78 is 5.42. The summed E-state index contributed by atoms with van der Waals surface area (Å²) in [4.78, 5) is 0. The molecule has 0 amide bonds. The van der Waals surface area contributed by atoms with Gasteiger partial charge in [-0.05, 0) is 44.7 Å². The molecule has 0 heterocycles. The van der Waals surface area contributed by atoms with E-state index >= 15 is 0 Å². The van der Waals surface area contributed by atoms with E-state index in [1.165, 1.54) is 5.56 Å². The molecule has 0 spiro atoms. The van der Waals surface area contributed by atoms with Crippen molar-refractivity contribution in [1.82, 2.24) is 5.32 Å². The van der Waals surface area contributed by atoms with Crippen LogP contribution in [-0.4, -0.2) is 35.9 Å². The van der Waals surface area contributed by atoms with Gasteiger partial charge in [0.25, 0.3) is 0 Å². The molecule has 0 aliphatic carbocycles. The summed E-state index contributed by atoms with van der Waals surface area (Å²) in [5.74, 6) is 1.63. The Morgan fingerprint density at radius 2 is 2.00 bits per heavy atom. The Morgan fingerprint density at radius 3 is 2.53 bits per heavy atom. The Balaban J connectivity index is 2.51. The lowest BCUT2D eigenvalue weighted by atomic mass is 10.1. The van der Waals surface area contributed by atoms with Crippen molar-refractivity contribution in [2.45, 2.75) is 32.4 Å². The molecule has 2 N–H and O–H groups in total. The lowest BCUT2D eigenvalue weighted by molar-refractivity contribution is 0.0821. The SMILES string of the molecule is CCOc1ccc(C(C)NCC(C)(O)CSC)cc1. The van der Waals surface area contributed by atoms with E-state index < -0.39 is 5.60 Å². The maximum Gasteiger partial charge on any atom is 0.119 e. The van der Waals surface area contributed by atoms with Crippen LogP contribution >= 0.6 is 11.8 Å². The van der Waals surface area contributed by atoms with E-state index in [2.05, 4.69) is 24.4 Å². The van der Waals surface area contributed by atoms with Crippen LogP contribution < -0.4 is 10.1 Å². The Hall–Kier alpha value is -0.710. The number of rotatable bonds is 8. The van der Waals surface area contributed by atoms with Crippen molar-refractivity contribution < 1.29 is 9.84 Å². The minimum atomic E-state index is -0.668. The van der Waals surface area contributed by atoms with Gasteiger partial charge in [0, 0.05) is 18.3 Å². The second-order valence-electron chi connectivity index (χ2n) is 5.03. The summed E-state index contributed by atoms with van der Waals surface area (Å²) in [5, 5.41) is 13.5. The molecule has 3 nitrogen and oxygen atoms in total. The molecule has 1 aromatic carbocycles. The van der Waals surface area contributed by atoms with Gasteiger partial charge in [0.15, 0.2) is 0 Å². The zero-order valence-corrected chi connectivity index (χ0v) is 13.1. The lowest BCUT2D eigenvalue weighted by Crippen LogP contribution is -2.40. The van der Waals surface area contributed by atoms with E-state index in [1.807, 2.05) is 32.2 Å². The van der Waals surface area contributed by atoms with Crippen molar-refractivity contribution in [3.8, 4) is 5.75 Å². The number of thioether (sulfide) groups is 1. The van der Waals surface area contributed by atoms with Gasteiger partial charge in [0.1, 0.15) is 5.75 Å². The molecule has 4 heteroatoms. The van der Waals surface area contributed by atoms with Crippen LogP contribution in [0, 0.1) is 0 Å². The van der Waals surface area contributed by atoms with Crippen LogP contribution in [0.4, 0.5) is 0 Å². The van der Waals surface area contributed by atoms with Gasteiger partial charge in [-0.25, -0.2) is 0 Å². The van der Waals surface area contributed by atoms with Gasteiger partial charge in [0.2, 0.25) is 0 Å². The minimum Gasteiger partial charge on any atom is -0.494 e. The average molecular weight is 283 g/mol. The zero-order chi connectivity index (χ0) is 14.3. The normalized spacial score (nSPS) is 15.8. The summed E-state index contributed by atoms with van der Waals surface area (Å²) in [6.45, 7) is 7.21.